The summed E-state index contributed by atoms with van der Waals surface area (Å²) in [4.78, 5) is 0.291. The zero-order valence-corrected chi connectivity index (χ0v) is 17.7. The number of aromatic nitrogens is 1. The van der Waals surface area contributed by atoms with Gasteiger partial charge in [-0.05, 0) is 58.8 Å². The molecule has 6 aromatic rings. The molecule has 0 unspecified atom stereocenters. The first-order valence-corrected chi connectivity index (χ1v) is 11.6. The zero-order valence-electron chi connectivity index (χ0n) is 16.9. The van der Waals surface area contributed by atoms with Crippen molar-refractivity contribution < 1.29 is 8.42 Å². The highest BCUT2D eigenvalue weighted by molar-refractivity contribution is 7.90. The molecule has 0 bridgehead atoms. The highest BCUT2D eigenvalue weighted by atomic mass is 32.2. The van der Waals surface area contributed by atoms with Crippen molar-refractivity contribution >= 4 is 53.4 Å². The molecular weight excluding hydrogens is 402 g/mol. The fourth-order valence-electron chi connectivity index (χ4n) is 4.51. The van der Waals surface area contributed by atoms with Crippen LogP contribution in [0.3, 0.4) is 0 Å². The number of fused-ring (bicyclic) bond motifs is 6. The van der Waals surface area contributed by atoms with Crippen molar-refractivity contribution in [3.8, 4) is 0 Å². The topological polar surface area (TPSA) is 39.1 Å². The number of rotatable bonds is 2. The van der Waals surface area contributed by atoms with Gasteiger partial charge in [-0.1, -0.05) is 72.3 Å². The maximum atomic E-state index is 13.8. The van der Waals surface area contributed by atoms with Crippen LogP contribution in [0.15, 0.2) is 102 Å². The molecule has 0 aliphatic heterocycles. The third-order valence-corrected chi connectivity index (χ3v) is 7.79. The molecule has 5 aromatic carbocycles. The molecule has 1 aromatic heterocycles. The van der Waals surface area contributed by atoms with Crippen LogP contribution in [-0.2, 0) is 10.0 Å². The molecule has 0 aliphatic rings. The predicted molar refractivity (Wildman–Crippen MR) is 128 cm³/mol. The number of benzene rings is 5. The van der Waals surface area contributed by atoms with Crippen molar-refractivity contribution in [2.24, 2.45) is 0 Å². The summed E-state index contributed by atoms with van der Waals surface area (Å²) in [7, 11) is -3.77. The van der Waals surface area contributed by atoms with Gasteiger partial charge < -0.3 is 0 Å². The molecule has 0 spiro atoms. The summed E-state index contributed by atoms with van der Waals surface area (Å²) in [6.45, 7) is 1.95. The Balaban J connectivity index is 1.80. The molecule has 1 heterocycles. The molecule has 0 saturated heterocycles. The van der Waals surface area contributed by atoms with Gasteiger partial charge in [0.05, 0.1) is 15.9 Å². The highest BCUT2D eigenvalue weighted by Gasteiger charge is 2.23. The molecule has 0 fully saturated rings. The highest BCUT2D eigenvalue weighted by Crippen LogP contribution is 2.37. The van der Waals surface area contributed by atoms with Gasteiger partial charge in [-0.3, -0.25) is 0 Å². The van der Waals surface area contributed by atoms with Crippen LogP contribution in [0.25, 0.3) is 43.4 Å². The van der Waals surface area contributed by atoms with Crippen LogP contribution >= 0.6 is 0 Å². The molecule has 6 rings (SSSR count). The largest absolute Gasteiger partial charge is 0.268 e. The van der Waals surface area contributed by atoms with Crippen LogP contribution in [-0.4, -0.2) is 12.4 Å². The standard InChI is InChI=1S/C27H19NO2S/c1-18-10-14-21(15-11-18)31(29,30)28-26-9-5-4-8-23(26)25-16-20-13-12-19-6-2-3-7-22(19)24(20)17-27(25)28/h2-17H,1H3. The second kappa shape index (κ2) is 6.43. The van der Waals surface area contributed by atoms with Crippen molar-refractivity contribution in [3.05, 3.63) is 103 Å². The fraction of sp³-hybridized carbons (Fsp3) is 0.0370. The predicted octanol–water partition coefficient (Wildman–Crippen LogP) is 6.65. The van der Waals surface area contributed by atoms with E-state index in [0.29, 0.717) is 15.9 Å². The van der Waals surface area contributed by atoms with Gasteiger partial charge in [-0.25, -0.2) is 12.4 Å². The first kappa shape index (κ1) is 18.2. The second-order valence-electron chi connectivity index (χ2n) is 7.98. The Labute approximate surface area is 180 Å². The van der Waals surface area contributed by atoms with E-state index in [-0.39, 0.29) is 0 Å². The first-order chi connectivity index (χ1) is 15.0. The molecule has 0 radical (unpaired) electrons. The summed E-state index contributed by atoms with van der Waals surface area (Å²) >= 11 is 0. The maximum absolute atomic E-state index is 13.8. The second-order valence-corrected chi connectivity index (χ2v) is 9.76. The maximum Gasteiger partial charge on any atom is 0.268 e. The van der Waals surface area contributed by atoms with Crippen molar-refractivity contribution in [2.45, 2.75) is 11.8 Å². The Bertz CT molecular complexity index is 1740. The number of aryl methyl sites for hydroxylation is 1. The van der Waals surface area contributed by atoms with Crippen molar-refractivity contribution in [3.63, 3.8) is 0 Å². The minimum absolute atomic E-state index is 0.291. The quantitative estimate of drug-likeness (QED) is 0.294. The lowest BCUT2D eigenvalue weighted by Crippen LogP contribution is -2.12. The van der Waals surface area contributed by atoms with Gasteiger partial charge >= 0.3 is 0 Å². The summed E-state index contributed by atoms with van der Waals surface area (Å²) in [5.41, 5.74) is 2.42. The van der Waals surface area contributed by atoms with Gasteiger partial charge in [0, 0.05) is 10.8 Å². The van der Waals surface area contributed by atoms with Gasteiger partial charge in [0.25, 0.3) is 10.0 Å². The molecule has 3 nitrogen and oxygen atoms in total. The summed E-state index contributed by atoms with van der Waals surface area (Å²) in [6.07, 6.45) is 0. The summed E-state index contributed by atoms with van der Waals surface area (Å²) in [6, 6.07) is 31.3. The summed E-state index contributed by atoms with van der Waals surface area (Å²) in [5, 5.41) is 6.28. The SMILES string of the molecule is Cc1ccc(S(=O)(=O)n2c3ccccc3c3cc4ccc5ccccc5c4cc32)cc1. The van der Waals surface area contributed by atoms with Gasteiger partial charge in [0.1, 0.15) is 0 Å². The summed E-state index contributed by atoms with van der Waals surface area (Å²) in [5.74, 6) is 0. The van der Waals surface area contributed by atoms with Crippen LogP contribution in [0.1, 0.15) is 5.56 Å². The molecular formula is C27H19NO2S. The lowest BCUT2D eigenvalue weighted by Gasteiger charge is -2.11. The van der Waals surface area contributed by atoms with E-state index in [1.165, 1.54) is 3.97 Å². The van der Waals surface area contributed by atoms with E-state index in [2.05, 4.69) is 30.3 Å². The lowest BCUT2D eigenvalue weighted by molar-refractivity contribution is 0.590. The van der Waals surface area contributed by atoms with E-state index in [1.54, 1.807) is 12.1 Å². The molecule has 0 N–H and O–H groups in total. The zero-order chi connectivity index (χ0) is 21.2. The van der Waals surface area contributed by atoms with Gasteiger partial charge in [0.2, 0.25) is 0 Å². The Morgan fingerprint density at radius 3 is 2.06 bits per heavy atom. The van der Waals surface area contributed by atoms with Crippen molar-refractivity contribution in [1.82, 2.24) is 3.97 Å². The fourth-order valence-corrected chi connectivity index (χ4v) is 6.03. The smallest absolute Gasteiger partial charge is 0.233 e. The number of nitrogens with zero attached hydrogens (tertiary/aromatic N) is 1. The van der Waals surface area contributed by atoms with Crippen molar-refractivity contribution in [2.75, 3.05) is 0 Å². The molecule has 0 amide bonds. The van der Waals surface area contributed by atoms with Crippen LogP contribution < -0.4 is 0 Å². The van der Waals surface area contributed by atoms with E-state index in [4.69, 9.17) is 0 Å². The van der Waals surface area contributed by atoms with E-state index >= 15 is 0 Å². The average molecular weight is 422 g/mol. The van der Waals surface area contributed by atoms with E-state index in [0.717, 1.165) is 37.9 Å². The van der Waals surface area contributed by atoms with Crippen LogP contribution in [0.2, 0.25) is 0 Å². The Morgan fingerprint density at radius 1 is 0.581 bits per heavy atom. The lowest BCUT2D eigenvalue weighted by atomic mass is 10.00. The first-order valence-electron chi connectivity index (χ1n) is 10.2. The molecule has 0 saturated carbocycles. The Kier molecular flexibility index (Phi) is 3.77. The third-order valence-electron chi connectivity index (χ3n) is 6.05. The van der Waals surface area contributed by atoms with Crippen LogP contribution in [0.4, 0.5) is 0 Å². The van der Waals surface area contributed by atoms with E-state index in [1.807, 2.05) is 61.5 Å². The molecule has 4 heteroatoms. The van der Waals surface area contributed by atoms with E-state index in [9.17, 15) is 8.42 Å². The summed E-state index contributed by atoms with van der Waals surface area (Å²) < 4.78 is 29.1. The third kappa shape index (κ3) is 2.62. The van der Waals surface area contributed by atoms with Crippen molar-refractivity contribution in [1.29, 1.82) is 0 Å². The number of hydrogen-bond acceptors (Lipinski definition) is 2. The Morgan fingerprint density at radius 2 is 1.26 bits per heavy atom. The molecule has 0 atom stereocenters. The molecule has 31 heavy (non-hydrogen) atoms. The van der Waals surface area contributed by atoms with Crippen LogP contribution in [0.5, 0.6) is 0 Å². The monoisotopic (exact) mass is 421 g/mol. The number of hydrogen-bond donors (Lipinski definition) is 0. The molecule has 0 aliphatic carbocycles. The number of para-hydroxylation sites is 1. The Hall–Kier alpha value is -3.63. The normalized spacial score (nSPS) is 12.3. The van der Waals surface area contributed by atoms with Gasteiger partial charge in [-0.15, -0.1) is 0 Å². The minimum atomic E-state index is -3.77. The van der Waals surface area contributed by atoms with Gasteiger partial charge in [0.15, 0.2) is 0 Å². The van der Waals surface area contributed by atoms with Gasteiger partial charge in [-0.2, -0.15) is 0 Å². The van der Waals surface area contributed by atoms with E-state index < -0.39 is 10.0 Å². The minimum Gasteiger partial charge on any atom is -0.233 e. The molecule has 150 valence electrons. The van der Waals surface area contributed by atoms with Crippen LogP contribution in [0, 0.1) is 6.92 Å². The average Bonchev–Trinajstić information content (AvgIpc) is 3.12.